The molecule has 2 aromatic heterocycles. The number of hydrogen-bond donors (Lipinski definition) is 1. The van der Waals surface area contributed by atoms with Crippen LogP contribution in [0, 0.1) is 6.92 Å². The molecule has 24 heavy (non-hydrogen) atoms. The number of nitrogens with zero attached hydrogens (tertiary/aromatic N) is 4. The average Bonchev–Trinajstić information content (AvgIpc) is 3.23. The van der Waals surface area contributed by atoms with Crippen molar-refractivity contribution in [1.29, 1.82) is 0 Å². The van der Waals surface area contributed by atoms with E-state index >= 15 is 0 Å². The van der Waals surface area contributed by atoms with Crippen LogP contribution in [-0.4, -0.2) is 39.3 Å². The Kier molecular flexibility index (Phi) is 5.77. The van der Waals surface area contributed by atoms with E-state index in [1.54, 1.807) is 0 Å². The number of likely N-dealkylation sites (tertiary alicyclic amines) is 1. The van der Waals surface area contributed by atoms with Gasteiger partial charge in [-0.2, -0.15) is 5.10 Å². The molecule has 3 rings (SSSR count). The van der Waals surface area contributed by atoms with Gasteiger partial charge in [-0.25, -0.2) is 0 Å². The van der Waals surface area contributed by atoms with Gasteiger partial charge in [-0.15, -0.1) is 6.58 Å². The van der Waals surface area contributed by atoms with Crippen LogP contribution >= 0.6 is 0 Å². The number of nitrogens with one attached hydrogen (secondary N) is 1. The van der Waals surface area contributed by atoms with Gasteiger partial charge in [0.15, 0.2) is 0 Å². The summed E-state index contributed by atoms with van der Waals surface area (Å²) in [6.07, 6.45) is 10.4. The van der Waals surface area contributed by atoms with Crippen molar-refractivity contribution < 1.29 is 0 Å². The smallest absolute Gasteiger partial charge is 0.0638 e. The van der Waals surface area contributed by atoms with Crippen LogP contribution in [0.3, 0.4) is 0 Å². The molecule has 0 amide bonds. The second kappa shape index (κ2) is 8.22. The van der Waals surface area contributed by atoms with Crippen LogP contribution in [0.2, 0.25) is 0 Å². The molecule has 1 atom stereocenters. The van der Waals surface area contributed by atoms with Crippen molar-refractivity contribution in [2.75, 3.05) is 19.6 Å². The van der Waals surface area contributed by atoms with E-state index in [2.05, 4.69) is 46.1 Å². The van der Waals surface area contributed by atoms with Gasteiger partial charge in [0.1, 0.15) is 0 Å². The molecule has 5 nitrogen and oxygen atoms in total. The van der Waals surface area contributed by atoms with Gasteiger partial charge in [-0.1, -0.05) is 12.1 Å². The normalized spacial score (nSPS) is 16.4. The number of aryl methyl sites for hydroxylation is 1. The summed E-state index contributed by atoms with van der Waals surface area (Å²) >= 11 is 0. The van der Waals surface area contributed by atoms with Gasteiger partial charge < -0.3 is 5.32 Å². The second-order valence-electron chi connectivity index (χ2n) is 6.43. The molecular weight excluding hydrogens is 298 g/mol. The summed E-state index contributed by atoms with van der Waals surface area (Å²) in [5, 5.41) is 8.14. The highest BCUT2D eigenvalue weighted by molar-refractivity contribution is 5.17. The van der Waals surface area contributed by atoms with E-state index in [1.807, 2.05) is 29.2 Å². The van der Waals surface area contributed by atoms with Crippen LogP contribution in [0.25, 0.3) is 0 Å². The van der Waals surface area contributed by atoms with Gasteiger partial charge in [0.2, 0.25) is 0 Å². The average molecular weight is 325 g/mol. The Bertz CT molecular complexity index is 643. The molecule has 0 spiro atoms. The minimum atomic E-state index is 0.393. The molecule has 0 bridgehead atoms. The zero-order valence-electron chi connectivity index (χ0n) is 14.5. The molecule has 1 saturated heterocycles. The summed E-state index contributed by atoms with van der Waals surface area (Å²) in [5.74, 6) is 0. The maximum atomic E-state index is 4.52. The van der Waals surface area contributed by atoms with Crippen molar-refractivity contribution >= 4 is 0 Å². The molecule has 5 heteroatoms. The van der Waals surface area contributed by atoms with Crippen LogP contribution in [0.5, 0.6) is 0 Å². The van der Waals surface area contributed by atoms with Crippen molar-refractivity contribution in [3.05, 3.63) is 60.2 Å². The first-order valence-electron chi connectivity index (χ1n) is 8.76. The number of pyridine rings is 1. The molecule has 1 N–H and O–H groups in total. The minimum absolute atomic E-state index is 0.393. The topological polar surface area (TPSA) is 46.0 Å². The Morgan fingerprint density at radius 3 is 2.92 bits per heavy atom. The van der Waals surface area contributed by atoms with E-state index in [0.29, 0.717) is 6.04 Å². The summed E-state index contributed by atoms with van der Waals surface area (Å²) < 4.78 is 1.94. The summed E-state index contributed by atoms with van der Waals surface area (Å²) in [7, 11) is 0. The molecule has 1 fully saturated rings. The molecule has 0 radical (unpaired) electrons. The molecule has 0 unspecified atom stereocenters. The van der Waals surface area contributed by atoms with E-state index in [-0.39, 0.29) is 0 Å². The van der Waals surface area contributed by atoms with Crippen molar-refractivity contribution in [2.24, 2.45) is 0 Å². The molecule has 1 aliphatic heterocycles. The Balaban J connectivity index is 1.62. The first-order chi connectivity index (χ1) is 11.8. The molecule has 3 heterocycles. The molecule has 1 aliphatic rings. The van der Waals surface area contributed by atoms with E-state index in [0.717, 1.165) is 25.3 Å². The summed E-state index contributed by atoms with van der Waals surface area (Å²) in [6.45, 7) is 10.7. The largest absolute Gasteiger partial charge is 0.311 e. The van der Waals surface area contributed by atoms with Gasteiger partial charge in [0.25, 0.3) is 0 Å². The third-order valence-electron chi connectivity index (χ3n) is 4.67. The van der Waals surface area contributed by atoms with E-state index in [9.17, 15) is 0 Å². The van der Waals surface area contributed by atoms with Crippen LogP contribution in [-0.2, 0) is 13.1 Å². The minimum Gasteiger partial charge on any atom is -0.311 e. The monoisotopic (exact) mass is 325 g/mol. The zero-order chi connectivity index (χ0) is 16.8. The molecule has 0 saturated carbocycles. The van der Waals surface area contributed by atoms with Crippen molar-refractivity contribution in [3.8, 4) is 0 Å². The summed E-state index contributed by atoms with van der Waals surface area (Å²) in [6, 6.07) is 4.61. The van der Waals surface area contributed by atoms with Crippen LogP contribution in [0.1, 0.15) is 35.7 Å². The fourth-order valence-corrected chi connectivity index (χ4v) is 3.39. The highest BCUT2D eigenvalue weighted by atomic mass is 15.3. The molecular formula is C19H27N5. The molecule has 2 aromatic rings. The van der Waals surface area contributed by atoms with E-state index in [4.69, 9.17) is 0 Å². The van der Waals surface area contributed by atoms with E-state index in [1.165, 1.54) is 37.1 Å². The number of hydrogen-bond acceptors (Lipinski definition) is 4. The highest BCUT2D eigenvalue weighted by Gasteiger charge is 2.23. The molecule has 128 valence electrons. The number of allylic oxidation sites excluding steroid dienone is 1. The van der Waals surface area contributed by atoms with Gasteiger partial charge >= 0.3 is 0 Å². The van der Waals surface area contributed by atoms with Crippen LogP contribution in [0.15, 0.2) is 43.4 Å². The zero-order valence-corrected chi connectivity index (χ0v) is 14.5. The van der Waals surface area contributed by atoms with E-state index < -0.39 is 0 Å². The van der Waals surface area contributed by atoms with Crippen LogP contribution < -0.4 is 5.32 Å². The second-order valence-corrected chi connectivity index (χ2v) is 6.43. The predicted molar refractivity (Wildman–Crippen MR) is 96.7 cm³/mol. The van der Waals surface area contributed by atoms with Crippen molar-refractivity contribution in [3.63, 3.8) is 0 Å². The van der Waals surface area contributed by atoms with Gasteiger partial charge in [-0.05, 0) is 44.5 Å². The maximum absolute atomic E-state index is 4.52. The van der Waals surface area contributed by atoms with Gasteiger partial charge in [-0.3, -0.25) is 14.6 Å². The standard InChI is InChI=1S/C19H27N5/c1-3-9-24-15-18(16(2)22-24)13-21-14-19(23-10-4-5-11-23)17-7-6-8-20-12-17/h3,6-8,12,15,19,21H,1,4-5,9-11,13-14H2,2H3/t19-/m0/s1. The lowest BCUT2D eigenvalue weighted by molar-refractivity contribution is 0.238. The lowest BCUT2D eigenvalue weighted by Gasteiger charge is -2.28. The highest BCUT2D eigenvalue weighted by Crippen LogP contribution is 2.24. The number of aromatic nitrogens is 3. The summed E-state index contributed by atoms with van der Waals surface area (Å²) in [5.41, 5.74) is 3.64. The molecule has 0 aliphatic carbocycles. The predicted octanol–water partition coefficient (Wildman–Crippen LogP) is 2.70. The number of rotatable bonds is 8. The Hall–Kier alpha value is -1.98. The third kappa shape index (κ3) is 4.10. The lowest BCUT2D eigenvalue weighted by Crippen LogP contribution is -2.34. The fourth-order valence-electron chi connectivity index (χ4n) is 3.39. The Morgan fingerprint density at radius 1 is 1.38 bits per heavy atom. The lowest BCUT2D eigenvalue weighted by atomic mass is 10.1. The maximum Gasteiger partial charge on any atom is 0.0638 e. The SMILES string of the molecule is C=CCn1cc(CNC[C@@H](c2cccnc2)N2CCCC2)c(C)n1. The van der Waals surface area contributed by atoms with Crippen molar-refractivity contribution in [2.45, 2.75) is 38.9 Å². The van der Waals surface area contributed by atoms with Crippen LogP contribution in [0.4, 0.5) is 0 Å². The van der Waals surface area contributed by atoms with Gasteiger partial charge in [0.05, 0.1) is 12.2 Å². The third-order valence-corrected chi connectivity index (χ3v) is 4.67. The quantitative estimate of drug-likeness (QED) is 0.758. The summed E-state index contributed by atoms with van der Waals surface area (Å²) in [4.78, 5) is 6.87. The Labute approximate surface area is 144 Å². The fraction of sp³-hybridized carbons (Fsp3) is 0.474. The van der Waals surface area contributed by atoms with Crippen molar-refractivity contribution in [1.82, 2.24) is 25.0 Å². The van der Waals surface area contributed by atoms with Gasteiger partial charge in [0, 0.05) is 43.3 Å². The Morgan fingerprint density at radius 2 is 2.21 bits per heavy atom. The first-order valence-corrected chi connectivity index (χ1v) is 8.76. The molecule has 0 aromatic carbocycles. The first kappa shape index (κ1) is 16.9.